The summed E-state index contributed by atoms with van der Waals surface area (Å²) in [4.78, 5) is 18.1. The smallest absolute Gasteiger partial charge is 0.262 e. The Labute approximate surface area is 139 Å². The number of aromatic nitrogens is 2. The standard InChI is InChI=1S/C17H19N3O2S/c1-11-8-20-9-12(6-7-16(20)18-11)19-17(21)14-10-23-15-5-3-2-4-13(15)22-14/h2-5,8,12,14H,6-7,9-10H2,1H3,(H,19,21)/t12-,14+/m0/s1. The Morgan fingerprint density at radius 2 is 2.30 bits per heavy atom. The molecule has 120 valence electrons. The van der Waals surface area contributed by atoms with E-state index < -0.39 is 6.10 Å². The van der Waals surface area contributed by atoms with Gasteiger partial charge in [0.05, 0.1) is 5.69 Å². The summed E-state index contributed by atoms with van der Waals surface area (Å²) in [5, 5.41) is 3.14. The molecule has 1 N–H and O–H groups in total. The Morgan fingerprint density at radius 3 is 3.22 bits per heavy atom. The number of carbonyl (C=O) groups excluding carboxylic acids is 1. The molecule has 2 aromatic rings. The van der Waals surface area contributed by atoms with E-state index in [4.69, 9.17) is 4.74 Å². The predicted molar refractivity (Wildman–Crippen MR) is 88.8 cm³/mol. The van der Waals surface area contributed by atoms with E-state index in [1.165, 1.54) is 0 Å². The number of amides is 1. The highest BCUT2D eigenvalue weighted by Gasteiger charge is 2.29. The van der Waals surface area contributed by atoms with Crippen LogP contribution in [0.2, 0.25) is 0 Å². The van der Waals surface area contributed by atoms with E-state index >= 15 is 0 Å². The highest BCUT2D eigenvalue weighted by atomic mass is 32.2. The summed E-state index contributed by atoms with van der Waals surface area (Å²) in [6.07, 6.45) is 3.47. The summed E-state index contributed by atoms with van der Waals surface area (Å²) in [5.74, 6) is 2.56. The molecule has 0 fully saturated rings. The first-order valence-electron chi connectivity index (χ1n) is 7.90. The van der Waals surface area contributed by atoms with Crippen LogP contribution in [0.1, 0.15) is 17.9 Å². The lowest BCUT2D eigenvalue weighted by molar-refractivity contribution is -0.128. The number of ether oxygens (including phenoxy) is 1. The van der Waals surface area contributed by atoms with Gasteiger partial charge >= 0.3 is 0 Å². The number of para-hydroxylation sites is 1. The Hall–Kier alpha value is -1.95. The van der Waals surface area contributed by atoms with Crippen LogP contribution in [0.5, 0.6) is 5.75 Å². The lowest BCUT2D eigenvalue weighted by Crippen LogP contribution is -2.48. The molecule has 2 atom stereocenters. The molecule has 6 heteroatoms. The third-order valence-electron chi connectivity index (χ3n) is 4.26. The van der Waals surface area contributed by atoms with Crippen LogP contribution in [-0.2, 0) is 17.8 Å². The maximum Gasteiger partial charge on any atom is 0.262 e. The van der Waals surface area contributed by atoms with Gasteiger partial charge in [0.15, 0.2) is 6.10 Å². The van der Waals surface area contributed by atoms with Crippen molar-refractivity contribution in [2.45, 2.75) is 43.4 Å². The second-order valence-corrected chi connectivity index (χ2v) is 7.12. The van der Waals surface area contributed by atoms with Gasteiger partial charge < -0.3 is 14.6 Å². The largest absolute Gasteiger partial charge is 0.479 e. The molecule has 0 bridgehead atoms. The van der Waals surface area contributed by atoms with E-state index in [0.717, 1.165) is 41.5 Å². The van der Waals surface area contributed by atoms with Crippen LogP contribution in [0.15, 0.2) is 35.4 Å². The summed E-state index contributed by atoms with van der Waals surface area (Å²) in [6, 6.07) is 8.02. The third-order valence-corrected chi connectivity index (χ3v) is 5.38. The maximum absolute atomic E-state index is 12.5. The predicted octanol–water partition coefficient (Wildman–Crippen LogP) is 2.18. The van der Waals surface area contributed by atoms with Crippen molar-refractivity contribution in [2.24, 2.45) is 0 Å². The van der Waals surface area contributed by atoms with Crippen LogP contribution in [-0.4, -0.2) is 33.4 Å². The number of thioether (sulfide) groups is 1. The molecule has 1 aromatic carbocycles. The van der Waals surface area contributed by atoms with Crippen molar-refractivity contribution in [3.63, 3.8) is 0 Å². The van der Waals surface area contributed by atoms with Gasteiger partial charge in [0.2, 0.25) is 0 Å². The summed E-state index contributed by atoms with van der Waals surface area (Å²) in [6.45, 7) is 2.79. The minimum absolute atomic E-state index is 0.0164. The highest BCUT2D eigenvalue weighted by Crippen LogP contribution is 2.35. The SMILES string of the molecule is Cc1cn2c(n1)CC[C@H](NC(=O)[C@H]1CSc3ccccc3O1)C2. The van der Waals surface area contributed by atoms with E-state index in [1.54, 1.807) is 11.8 Å². The third kappa shape index (κ3) is 2.95. The van der Waals surface area contributed by atoms with Crippen LogP contribution >= 0.6 is 11.8 Å². The van der Waals surface area contributed by atoms with Crippen LogP contribution in [0.4, 0.5) is 0 Å². The quantitative estimate of drug-likeness (QED) is 0.917. The van der Waals surface area contributed by atoms with Gasteiger partial charge in [-0.2, -0.15) is 0 Å². The average molecular weight is 329 g/mol. The summed E-state index contributed by atoms with van der Waals surface area (Å²) in [5.41, 5.74) is 1.04. The molecule has 23 heavy (non-hydrogen) atoms. The summed E-state index contributed by atoms with van der Waals surface area (Å²) >= 11 is 1.68. The number of hydrogen-bond donors (Lipinski definition) is 1. The normalized spacial score (nSPS) is 22.7. The fraction of sp³-hybridized carbons (Fsp3) is 0.412. The molecule has 4 rings (SSSR count). The second kappa shape index (κ2) is 5.92. The first-order valence-corrected chi connectivity index (χ1v) is 8.89. The van der Waals surface area contributed by atoms with Gasteiger partial charge in [-0.15, -0.1) is 11.8 Å². The van der Waals surface area contributed by atoms with E-state index in [9.17, 15) is 4.79 Å². The molecule has 5 nitrogen and oxygen atoms in total. The van der Waals surface area contributed by atoms with Gasteiger partial charge in [0.25, 0.3) is 5.91 Å². The van der Waals surface area contributed by atoms with Crippen LogP contribution in [0, 0.1) is 6.92 Å². The van der Waals surface area contributed by atoms with Gasteiger partial charge in [0, 0.05) is 35.9 Å². The van der Waals surface area contributed by atoms with E-state index in [2.05, 4.69) is 21.1 Å². The molecule has 1 amide bonds. The van der Waals surface area contributed by atoms with Gasteiger partial charge in [-0.25, -0.2) is 4.98 Å². The van der Waals surface area contributed by atoms with Crippen molar-refractivity contribution in [3.8, 4) is 5.75 Å². The van der Waals surface area contributed by atoms with Crippen molar-refractivity contribution in [1.29, 1.82) is 0 Å². The maximum atomic E-state index is 12.5. The minimum atomic E-state index is -0.416. The van der Waals surface area contributed by atoms with Gasteiger partial charge in [-0.3, -0.25) is 4.79 Å². The molecular formula is C17H19N3O2S. The molecule has 0 radical (unpaired) electrons. The number of fused-ring (bicyclic) bond motifs is 2. The van der Waals surface area contributed by atoms with Gasteiger partial charge in [-0.05, 0) is 25.5 Å². The Morgan fingerprint density at radius 1 is 1.43 bits per heavy atom. The molecule has 0 spiro atoms. The number of benzene rings is 1. The summed E-state index contributed by atoms with van der Waals surface area (Å²) in [7, 11) is 0. The molecule has 2 aliphatic rings. The van der Waals surface area contributed by atoms with Crippen molar-refractivity contribution >= 4 is 17.7 Å². The van der Waals surface area contributed by atoms with Crippen LogP contribution < -0.4 is 10.1 Å². The number of nitrogens with one attached hydrogen (secondary N) is 1. The molecule has 0 unspecified atom stereocenters. The summed E-state index contributed by atoms with van der Waals surface area (Å²) < 4.78 is 8.01. The van der Waals surface area contributed by atoms with E-state index in [0.29, 0.717) is 5.75 Å². The van der Waals surface area contributed by atoms with Crippen molar-refractivity contribution in [1.82, 2.24) is 14.9 Å². The second-order valence-electron chi connectivity index (χ2n) is 6.06. The van der Waals surface area contributed by atoms with Crippen molar-refractivity contribution < 1.29 is 9.53 Å². The Balaban J connectivity index is 1.39. The zero-order chi connectivity index (χ0) is 15.8. The first kappa shape index (κ1) is 14.6. The van der Waals surface area contributed by atoms with Crippen LogP contribution in [0.25, 0.3) is 0 Å². The van der Waals surface area contributed by atoms with E-state index in [-0.39, 0.29) is 11.9 Å². The average Bonchev–Trinajstić information content (AvgIpc) is 2.93. The monoisotopic (exact) mass is 329 g/mol. The molecule has 0 saturated carbocycles. The number of aryl methyl sites for hydroxylation is 2. The fourth-order valence-electron chi connectivity index (χ4n) is 3.15. The van der Waals surface area contributed by atoms with Gasteiger partial charge in [-0.1, -0.05) is 12.1 Å². The molecule has 2 aliphatic heterocycles. The highest BCUT2D eigenvalue weighted by molar-refractivity contribution is 7.99. The number of carbonyl (C=O) groups is 1. The minimum Gasteiger partial charge on any atom is -0.479 e. The topological polar surface area (TPSA) is 56.2 Å². The lowest BCUT2D eigenvalue weighted by atomic mass is 10.1. The molecule has 0 saturated heterocycles. The molecule has 0 aliphatic carbocycles. The van der Waals surface area contributed by atoms with Gasteiger partial charge in [0.1, 0.15) is 11.6 Å². The first-order chi connectivity index (χ1) is 11.2. The number of imidazole rings is 1. The van der Waals surface area contributed by atoms with E-state index in [1.807, 2.05) is 31.2 Å². The Kier molecular flexibility index (Phi) is 3.77. The zero-order valence-corrected chi connectivity index (χ0v) is 13.8. The van der Waals surface area contributed by atoms with Crippen LogP contribution in [0.3, 0.4) is 0 Å². The number of hydrogen-bond acceptors (Lipinski definition) is 4. The number of rotatable bonds is 2. The molecular weight excluding hydrogens is 310 g/mol. The number of nitrogens with zero attached hydrogens (tertiary/aromatic N) is 2. The van der Waals surface area contributed by atoms with Crippen molar-refractivity contribution in [3.05, 3.63) is 42.0 Å². The zero-order valence-electron chi connectivity index (χ0n) is 13.0. The van der Waals surface area contributed by atoms with Crippen molar-refractivity contribution in [2.75, 3.05) is 5.75 Å². The fourth-order valence-corrected chi connectivity index (χ4v) is 4.13. The Bertz CT molecular complexity index is 743. The molecule has 3 heterocycles. The lowest BCUT2D eigenvalue weighted by Gasteiger charge is -2.29. The molecule has 1 aromatic heterocycles.